The van der Waals surface area contributed by atoms with Crippen LogP contribution in [-0.2, 0) is 35.9 Å². The van der Waals surface area contributed by atoms with Crippen LogP contribution in [0.5, 0.6) is 28.7 Å². The molecule has 6 rings (SSSR count). The van der Waals surface area contributed by atoms with Crippen LogP contribution < -0.4 is 20.1 Å². The molecule has 6 aromatic rings. The van der Waals surface area contributed by atoms with E-state index in [1.807, 2.05) is 0 Å². The van der Waals surface area contributed by atoms with Gasteiger partial charge in [-0.05, 0) is 102 Å². The molecule has 6 aromatic carbocycles. The molecule has 0 aromatic heterocycles. The number of nitrogens with one attached hydrogen (secondary N) is 2. The van der Waals surface area contributed by atoms with Gasteiger partial charge in [-0.1, -0.05) is 77.9 Å². The van der Waals surface area contributed by atoms with E-state index < -0.39 is 53.3 Å². The van der Waals surface area contributed by atoms with E-state index >= 15 is 0 Å². The number of rotatable bonds is 18. The fourth-order valence-electron chi connectivity index (χ4n) is 7.30. The van der Waals surface area contributed by atoms with Gasteiger partial charge in [-0.25, -0.2) is 0 Å². The van der Waals surface area contributed by atoms with Crippen molar-refractivity contribution < 1.29 is 55.2 Å². The standard InChI is InChI=1S/C49H54N4O12S2.2Na.2H/c1-8-48(4,5)31-16-21-40(38(26-31)49(6,7)9-2)64-23-13-12-22-50-47(57)37-28-41(35-14-10-11-15-36(35)45(37)55)65-33-19-17-32(18-20-33)52-53-44-42(67(61,62)63)25-30-24-34(66(58,59)60)27-39(51-29(3)54)43(30)46(44)56;;;;/h10-11,14-21,24-28,55-56H,8-9,12-13,22-23H2,1-7H3,(H,50,57)(H,51,54)(H,58,59,60)(H,61,62,63);;;;. The quantitative estimate of drug-likeness (QED) is 0.0204. The summed E-state index contributed by atoms with van der Waals surface area (Å²) in [5.41, 5.74) is 1.49. The van der Waals surface area contributed by atoms with Gasteiger partial charge in [0, 0.05) is 35.2 Å². The van der Waals surface area contributed by atoms with Crippen molar-refractivity contribution in [3.8, 4) is 28.7 Å². The molecule has 2 amide bonds. The molecule has 69 heavy (non-hydrogen) atoms. The summed E-state index contributed by atoms with van der Waals surface area (Å²) in [5.74, 6) is -0.907. The number of benzene rings is 6. The molecule has 0 atom stereocenters. The second-order valence-electron chi connectivity index (χ2n) is 17.4. The SMILES string of the molecule is CCC(C)(C)c1ccc(OCCCCNC(=O)c2cc(Oc3ccc(N=Nc4c(S(=O)(=O)O)cc5cc(S(=O)(=O)O)cc(NC(C)=O)c5c4O)cc3)c3ccccc3c2O)c(C(C)(C)CC)c1.[NaH].[NaH]. The Morgan fingerprint density at radius 2 is 1.38 bits per heavy atom. The van der Waals surface area contributed by atoms with Gasteiger partial charge >= 0.3 is 59.1 Å². The normalized spacial score (nSPS) is 12.1. The summed E-state index contributed by atoms with van der Waals surface area (Å²) in [6.07, 6.45) is 3.26. The molecule has 0 heterocycles. The van der Waals surface area contributed by atoms with Crippen molar-refractivity contribution in [3.05, 3.63) is 108 Å². The number of fused-ring (bicyclic) bond motifs is 2. The summed E-state index contributed by atoms with van der Waals surface area (Å²) in [7, 11) is -9.99. The third-order valence-corrected chi connectivity index (χ3v) is 13.6. The van der Waals surface area contributed by atoms with Crippen LogP contribution in [0.3, 0.4) is 0 Å². The van der Waals surface area contributed by atoms with Crippen molar-refractivity contribution in [2.45, 2.75) is 94.8 Å². The van der Waals surface area contributed by atoms with Crippen LogP contribution in [0.2, 0.25) is 0 Å². The van der Waals surface area contributed by atoms with Crippen LogP contribution in [0.4, 0.5) is 17.1 Å². The Hall–Kier alpha value is -4.60. The summed E-state index contributed by atoms with van der Waals surface area (Å²) in [4.78, 5) is 23.8. The van der Waals surface area contributed by atoms with Gasteiger partial charge in [-0.15, -0.1) is 5.11 Å². The van der Waals surface area contributed by atoms with E-state index in [0.29, 0.717) is 36.8 Å². The van der Waals surface area contributed by atoms with Gasteiger partial charge in [0.1, 0.15) is 33.6 Å². The molecule has 20 heteroatoms. The summed E-state index contributed by atoms with van der Waals surface area (Å²) in [6, 6.07) is 23.2. The first-order chi connectivity index (χ1) is 31.4. The van der Waals surface area contributed by atoms with Gasteiger partial charge in [-0.2, -0.15) is 21.9 Å². The Labute approximate surface area is 446 Å². The molecule has 0 radical (unpaired) electrons. The molecule has 0 aliphatic heterocycles. The van der Waals surface area contributed by atoms with Crippen molar-refractivity contribution in [2.24, 2.45) is 10.2 Å². The van der Waals surface area contributed by atoms with Gasteiger partial charge < -0.3 is 30.3 Å². The predicted molar refractivity (Wildman–Crippen MR) is 270 cm³/mol. The zero-order valence-corrected chi connectivity index (χ0v) is 39.8. The number of hydrogen-bond acceptors (Lipinski definition) is 12. The monoisotopic (exact) mass is 1000 g/mol. The van der Waals surface area contributed by atoms with E-state index in [0.717, 1.165) is 43.7 Å². The Balaban J connectivity index is 0.00000518. The number of ether oxygens (including phenoxy) is 2. The van der Waals surface area contributed by atoms with Crippen LogP contribution in [0.25, 0.3) is 21.5 Å². The van der Waals surface area contributed by atoms with Crippen molar-refractivity contribution in [3.63, 3.8) is 0 Å². The zero-order chi connectivity index (χ0) is 49.1. The average Bonchev–Trinajstić information content (AvgIpc) is 3.27. The number of nitrogens with zero attached hydrogens (tertiary/aromatic N) is 2. The maximum atomic E-state index is 13.5. The molecule has 0 aliphatic rings. The van der Waals surface area contributed by atoms with Gasteiger partial charge in [0.05, 0.1) is 28.4 Å². The molecule has 16 nitrogen and oxygen atoms in total. The first-order valence-corrected chi connectivity index (χ1v) is 24.4. The molecule has 358 valence electrons. The number of aromatic hydroxyl groups is 2. The molecule has 0 saturated heterocycles. The number of azo groups is 1. The second kappa shape index (κ2) is 23.1. The van der Waals surface area contributed by atoms with E-state index in [1.54, 1.807) is 24.3 Å². The predicted octanol–water partition coefficient (Wildman–Crippen LogP) is 9.73. The van der Waals surface area contributed by atoms with E-state index in [2.05, 4.69) is 80.6 Å². The zero-order valence-electron chi connectivity index (χ0n) is 38.2. The molecule has 6 N–H and O–H groups in total. The van der Waals surface area contributed by atoms with Crippen molar-refractivity contribution >= 4 is 130 Å². The van der Waals surface area contributed by atoms with E-state index in [1.165, 1.54) is 41.5 Å². The number of carbonyl (C=O) groups excluding carboxylic acids is 2. The fourth-order valence-corrected chi connectivity index (χ4v) is 8.50. The third-order valence-electron chi connectivity index (χ3n) is 11.9. The second-order valence-corrected chi connectivity index (χ2v) is 20.2. The molecule has 0 unspecified atom stereocenters. The number of anilines is 1. The number of unbranched alkanes of at least 4 members (excludes halogenated alkanes) is 1. The third kappa shape index (κ3) is 13.4. The number of amides is 2. The van der Waals surface area contributed by atoms with Crippen molar-refractivity contribution in [1.29, 1.82) is 0 Å². The molecule has 0 fully saturated rings. The first-order valence-electron chi connectivity index (χ1n) is 21.5. The topological polar surface area (TPSA) is 251 Å². The van der Waals surface area contributed by atoms with Gasteiger partial charge in [-0.3, -0.25) is 18.7 Å². The summed E-state index contributed by atoms with van der Waals surface area (Å²) < 4.78 is 81.0. The number of hydrogen-bond donors (Lipinski definition) is 6. The number of phenols is 2. The van der Waals surface area contributed by atoms with Crippen LogP contribution >= 0.6 is 0 Å². The summed E-state index contributed by atoms with van der Waals surface area (Å²) in [5, 5.41) is 36.0. The van der Waals surface area contributed by atoms with Crippen LogP contribution in [-0.4, -0.2) is 120 Å². The summed E-state index contributed by atoms with van der Waals surface area (Å²) >= 11 is 0. The van der Waals surface area contributed by atoms with E-state index in [-0.39, 0.29) is 115 Å². The molecular formula is C49H56N4Na2O12S2. The average molecular weight is 1000 g/mol. The molecule has 0 bridgehead atoms. The minimum atomic E-state index is -5.12. The molecule has 0 aliphatic carbocycles. The Kier molecular flexibility index (Phi) is 19.1. The van der Waals surface area contributed by atoms with Crippen molar-refractivity contribution in [2.75, 3.05) is 18.5 Å². The first kappa shape index (κ1) is 57.0. The van der Waals surface area contributed by atoms with Crippen LogP contribution in [0, 0.1) is 0 Å². The Bertz CT molecular complexity index is 3150. The van der Waals surface area contributed by atoms with E-state index in [9.17, 15) is 45.7 Å². The number of phenolic OH excluding ortho intramolecular Hbond substituents is 2. The van der Waals surface area contributed by atoms with Crippen molar-refractivity contribution in [1.82, 2.24) is 5.32 Å². The van der Waals surface area contributed by atoms with Crippen LogP contribution in [0.15, 0.2) is 111 Å². The Morgan fingerprint density at radius 1 is 0.725 bits per heavy atom. The van der Waals surface area contributed by atoms with Crippen LogP contribution in [0.1, 0.15) is 95.6 Å². The number of carbonyl (C=O) groups is 2. The van der Waals surface area contributed by atoms with Gasteiger partial charge in [0.15, 0.2) is 5.75 Å². The Morgan fingerprint density at radius 3 is 1.99 bits per heavy atom. The fraction of sp³-hybridized carbons (Fsp3) is 0.306. The van der Waals surface area contributed by atoms with E-state index in [4.69, 9.17) is 9.47 Å². The maximum absolute atomic E-state index is 13.5. The van der Waals surface area contributed by atoms with Gasteiger partial charge in [0.2, 0.25) is 5.91 Å². The van der Waals surface area contributed by atoms with Gasteiger partial charge in [0.25, 0.3) is 26.1 Å². The summed E-state index contributed by atoms with van der Waals surface area (Å²) in [6.45, 7) is 15.2. The molecule has 0 spiro atoms. The minimum absolute atomic E-state index is 0. The molecule has 0 saturated carbocycles. The molecular weight excluding hydrogens is 947 g/mol.